The molecule has 0 fully saturated rings. The lowest BCUT2D eigenvalue weighted by molar-refractivity contribution is -0.143. The molecule has 2 rings (SSSR count). The minimum atomic E-state index is -2.95. The van der Waals surface area contributed by atoms with Crippen molar-refractivity contribution in [2.24, 2.45) is 4.99 Å². The van der Waals surface area contributed by atoms with E-state index in [0.717, 1.165) is 0 Å². The number of carbonyl (C=O) groups excluding carboxylic acids is 1. The van der Waals surface area contributed by atoms with Crippen LogP contribution in [0.1, 0.15) is 25.3 Å². The third-order valence-electron chi connectivity index (χ3n) is 3.60. The molecule has 0 saturated carbocycles. The number of nitrogens with one attached hydrogen (secondary N) is 2. The topological polar surface area (TPSA) is 90.4 Å². The minimum absolute atomic E-state index is 0.000450. The van der Waals surface area contributed by atoms with Crippen molar-refractivity contribution >= 4 is 11.9 Å². The van der Waals surface area contributed by atoms with Crippen molar-refractivity contribution in [1.82, 2.24) is 10.6 Å². The van der Waals surface area contributed by atoms with Gasteiger partial charge < -0.3 is 29.6 Å². The SMILES string of the molecule is CCOC(=O)CCCNC(=NC)NCc1cc2c(cc1OC(F)F)OCO2. The normalized spacial score (nSPS) is 12.9. The van der Waals surface area contributed by atoms with Gasteiger partial charge in [0.2, 0.25) is 6.79 Å². The number of benzene rings is 1. The standard InChI is InChI=1S/C17H23F2N3O5/c1-3-24-15(23)5-4-6-21-17(20-2)22-9-11-7-13-14(26-10-25-13)8-12(11)27-16(18)19/h7-8,16H,3-6,9-10H2,1-2H3,(H2,20,21,22). The molecule has 1 aliphatic heterocycles. The number of aliphatic imine (C=N–C) groups is 1. The Morgan fingerprint density at radius 3 is 2.70 bits per heavy atom. The number of rotatable bonds is 9. The number of carbonyl (C=O) groups is 1. The first kappa shape index (κ1) is 20.5. The highest BCUT2D eigenvalue weighted by molar-refractivity contribution is 5.79. The lowest BCUT2D eigenvalue weighted by Gasteiger charge is -2.15. The van der Waals surface area contributed by atoms with Gasteiger partial charge in [-0.15, -0.1) is 0 Å². The van der Waals surface area contributed by atoms with Gasteiger partial charge in [-0.1, -0.05) is 0 Å². The molecule has 0 unspecified atom stereocenters. The average molecular weight is 387 g/mol. The van der Waals surface area contributed by atoms with Gasteiger partial charge in [0.05, 0.1) is 6.61 Å². The molecule has 1 aliphatic rings. The third-order valence-corrected chi connectivity index (χ3v) is 3.60. The summed E-state index contributed by atoms with van der Waals surface area (Å²) in [6, 6.07) is 2.96. The Hall–Kier alpha value is -2.78. The quantitative estimate of drug-likeness (QED) is 0.290. The molecule has 27 heavy (non-hydrogen) atoms. The maximum absolute atomic E-state index is 12.7. The van der Waals surface area contributed by atoms with Crippen LogP contribution in [0.3, 0.4) is 0 Å². The number of alkyl halides is 2. The zero-order valence-electron chi connectivity index (χ0n) is 15.2. The molecule has 2 N–H and O–H groups in total. The van der Waals surface area contributed by atoms with Gasteiger partial charge in [0.25, 0.3) is 0 Å². The van der Waals surface area contributed by atoms with E-state index in [9.17, 15) is 13.6 Å². The van der Waals surface area contributed by atoms with E-state index in [2.05, 4.69) is 20.4 Å². The smallest absolute Gasteiger partial charge is 0.387 e. The van der Waals surface area contributed by atoms with Gasteiger partial charge in [0.1, 0.15) is 5.75 Å². The van der Waals surface area contributed by atoms with Crippen LogP contribution in [-0.4, -0.2) is 45.5 Å². The first-order valence-electron chi connectivity index (χ1n) is 8.51. The number of hydrogen-bond acceptors (Lipinski definition) is 6. The molecular weight excluding hydrogens is 364 g/mol. The van der Waals surface area contributed by atoms with Gasteiger partial charge in [-0.25, -0.2) is 0 Å². The predicted molar refractivity (Wildman–Crippen MR) is 93.3 cm³/mol. The number of nitrogens with zero attached hydrogens (tertiary/aromatic N) is 1. The first-order valence-corrected chi connectivity index (χ1v) is 8.51. The van der Waals surface area contributed by atoms with E-state index < -0.39 is 6.61 Å². The average Bonchev–Trinajstić information content (AvgIpc) is 3.08. The highest BCUT2D eigenvalue weighted by Crippen LogP contribution is 2.38. The number of hydrogen-bond donors (Lipinski definition) is 2. The van der Waals surface area contributed by atoms with E-state index in [0.29, 0.717) is 49.0 Å². The second-order valence-corrected chi connectivity index (χ2v) is 5.45. The van der Waals surface area contributed by atoms with Crippen LogP contribution < -0.4 is 24.8 Å². The van der Waals surface area contributed by atoms with E-state index in [1.165, 1.54) is 6.07 Å². The summed E-state index contributed by atoms with van der Waals surface area (Å²) in [4.78, 5) is 15.3. The predicted octanol–water partition coefficient (Wildman–Crippen LogP) is 2.03. The fourth-order valence-corrected chi connectivity index (χ4v) is 2.38. The monoisotopic (exact) mass is 387 g/mol. The number of ether oxygens (including phenoxy) is 4. The second-order valence-electron chi connectivity index (χ2n) is 5.45. The van der Waals surface area contributed by atoms with E-state index >= 15 is 0 Å². The van der Waals surface area contributed by atoms with Crippen LogP contribution in [0.2, 0.25) is 0 Å². The molecule has 1 aromatic carbocycles. The molecule has 0 amide bonds. The summed E-state index contributed by atoms with van der Waals surface area (Å²) in [6.45, 7) is -0.136. The number of guanidine groups is 1. The van der Waals surface area contributed by atoms with Gasteiger partial charge in [-0.3, -0.25) is 9.79 Å². The van der Waals surface area contributed by atoms with Crippen molar-refractivity contribution in [3.8, 4) is 17.2 Å². The molecule has 0 spiro atoms. The molecule has 1 heterocycles. The molecule has 8 nitrogen and oxygen atoms in total. The Morgan fingerprint density at radius 2 is 2.04 bits per heavy atom. The van der Waals surface area contributed by atoms with Crippen molar-refractivity contribution < 1.29 is 32.5 Å². The van der Waals surface area contributed by atoms with Crippen LogP contribution in [-0.2, 0) is 16.1 Å². The summed E-state index contributed by atoms with van der Waals surface area (Å²) in [5, 5.41) is 6.04. The van der Waals surface area contributed by atoms with Crippen LogP contribution in [0.4, 0.5) is 8.78 Å². The first-order chi connectivity index (χ1) is 13.0. The lowest BCUT2D eigenvalue weighted by Crippen LogP contribution is -2.37. The number of fused-ring (bicyclic) bond motifs is 1. The molecule has 150 valence electrons. The molecule has 0 atom stereocenters. The Morgan fingerprint density at radius 1 is 1.30 bits per heavy atom. The van der Waals surface area contributed by atoms with Gasteiger partial charge in [-0.2, -0.15) is 8.78 Å². The van der Waals surface area contributed by atoms with E-state index in [1.54, 1.807) is 20.0 Å². The lowest BCUT2D eigenvalue weighted by atomic mass is 10.1. The van der Waals surface area contributed by atoms with Crippen molar-refractivity contribution in [3.05, 3.63) is 17.7 Å². The summed E-state index contributed by atoms with van der Waals surface area (Å²) in [5.41, 5.74) is 0.467. The molecule has 10 heteroatoms. The Labute approximate surface area is 155 Å². The highest BCUT2D eigenvalue weighted by Gasteiger charge is 2.20. The Balaban J connectivity index is 1.89. The highest BCUT2D eigenvalue weighted by atomic mass is 19.3. The molecule has 0 bridgehead atoms. The molecule has 0 aliphatic carbocycles. The van der Waals surface area contributed by atoms with Crippen molar-refractivity contribution in [1.29, 1.82) is 0 Å². The van der Waals surface area contributed by atoms with Gasteiger partial charge in [0, 0.05) is 38.2 Å². The van der Waals surface area contributed by atoms with Crippen LogP contribution in [0.5, 0.6) is 17.2 Å². The largest absolute Gasteiger partial charge is 0.466 e. The summed E-state index contributed by atoms with van der Waals surface area (Å²) >= 11 is 0. The van der Waals surface area contributed by atoms with Gasteiger partial charge >= 0.3 is 12.6 Å². The summed E-state index contributed by atoms with van der Waals surface area (Å²) in [5.74, 6) is 1.03. The van der Waals surface area contributed by atoms with Gasteiger partial charge in [-0.05, 0) is 19.4 Å². The molecule has 1 aromatic rings. The maximum atomic E-state index is 12.7. The summed E-state index contributed by atoms with van der Waals surface area (Å²) in [6.07, 6.45) is 0.871. The third kappa shape index (κ3) is 6.46. The minimum Gasteiger partial charge on any atom is -0.466 e. The number of esters is 1. The molecule has 0 saturated heterocycles. The zero-order chi connectivity index (χ0) is 19.6. The molecular formula is C17H23F2N3O5. The molecule has 0 aromatic heterocycles. The van der Waals surface area contributed by atoms with Crippen LogP contribution in [0.25, 0.3) is 0 Å². The Bertz CT molecular complexity index is 670. The van der Waals surface area contributed by atoms with Crippen LogP contribution in [0.15, 0.2) is 17.1 Å². The fraction of sp³-hybridized carbons (Fsp3) is 0.529. The fourth-order valence-electron chi connectivity index (χ4n) is 2.38. The van der Waals surface area contributed by atoms with E-state index in [-0.39, 0.29) is 25.1 Å². The maximum Gasteiger partial charge on any atom is 0.387 e. The van der Waals surface area contributed by atoms with Crippen molar-refractivity contribution in [2.45, 2.75) is 32.9 Å². The van der Waals surface area contributed by atoms with Crippen molar-refractivity contribution in [3.63, 3.8) is 0 Å². The molecule has 0 radical (unpaired) electrons. The number of halogens is 2. The second kappa shape index (κ2) is 10.4. The zero-order valence-corrected chi connectivity index (χ0v) is 15.2. The summed E-state index contributed by atoms with van der Waals surface area (Å²) < 4.78 is 45.2. The summed E-state index contributed by atoms with van der Waals surface area (Å²) in [7, 11) is 1.58. The Kier molecular flexibility index (Phi) is 7.90. The van der Waals surface area contributed by atoms with E-state index in [4.69, 9.17) is 14.2 Å². The van der Waals surface area contributed by atoms with Gasteiger partial charge in [0.15, 0.2) is 17.5 Å². The van der Waals surface area contributed by atoms with Crippen molar-refractivity contribution in [2.75, 3.05) is 27.0 Å². The van der Waals surface area contributed by atoms with Crippen LogP contribution in [0, 0.1) is 0 Å². The van der Waals surface area contributed by atoms with E-state index in [1.807, 2.05) is 0 Å². The van der Waals surface area contributed by atoms with Crippen LogP contribution >= 0.6 is 0 Å².